The molecule has 2 N–H and O–H groups in total. The van der Waals surface area contributed by atoms with Crippen LogP contribution in [0.3, 0.4) is 0 Å². The second kappa shape index (κ2) is 7.24. The summed E-state index contributed by atoms with van der Waals surface area (Å²) >= 11 is 8.32. The number of rotatable bonds is 2. The Morgan fingerprint density at radius 3 is 2.83 bits per heavy atom. The maximum Gasteiger partial charge on any atom is 0.253 e. The molecule has 7 heteroatoms. The fourth-order valence-electron chi connectivity index (χ4n) is 1.97. The Hall–Kier alpha value is 0.380. The van der Waals surface area contributed by atoms with E-state index in [1.165, 1.54) is 11.3 Å². The SMILES string of the molecule is CC1CNCCC1NC(=O)c1cc(Br)sc1Br.Cl. The molecule has 1 aliphatic heterocycles. The van der Waals surface area contributed by atoms with Gasteiger partial charge in [-0.3, -0.25) is 4.79 Å². The van der Waals surface area contributed by atoms with Crippen molar-refractivity contribution < 1.29 is 4.79 Å². The van der Waals surface area contributed by atoms with Gasteiger partial charge in [0.15, 0.2) is 0 Å². The minimum atomic E-state index is 0. The molecule has 0 saturated carbocycles. The number of thiophene rings is 1. The average Bonchev–Trinajstić information content (AvgIpc) is 2.61. The van der Waals surface area contributed by atoms with Crippen molar-refractivity contribution in [2.75, 3.05) is 13.1 Å². The molecule has 2 heterocycles. The minimum Gasteiger partial charge on any atom is -0.349 e. The molecule has 18 heavy (non-hydrogen) atoms. The summed E-state index contributed by atoms with van der Waals surface area (Å²) in [5, 5.41) is 6.44. The lowest BCUT2D eigenvalue weighted by molar-refractivity contribution is 0.0914. The lowest BCUT2D eigenvalue weighted by Gasteiger charge is -2.30. The van der Waals surface area contributed by atoms with Crippen molar-refractivity contribution in [3.8, 4) is 0 Å². The molecule has 0 spiro atoms. The minimum absolute atomic E-state index is 0. The van der Waals surface area contributed by atoms with Gasteiger partial charge in [0.05, 0.1) is 13.1 Å². The summed E-state index contributed by atoms with van der Waals surface area (Å²) in [5.74, 6) is 0.492. The Balaban J connectivity index is 0.00000162. The smallest absolute Gasteiger partial charge is 0.253 e. The summed E-state index contributed by atoms with van der Waals surface area (Å²) in [4.78, 5) is 12.1. The van der Waals surface area contributed by atoms with Crippen LogP contribution < -0.4 is 10.6 Å². The van der Waals surface area contributed by atoms with E-state index in [1.807, 2.05) is 6.07 Å². The first-order chi connectivity index (χ1) is 8.08. The first-order valence-corrected chi connectivity index (χ1v) is 7.94. The van der Waals surface area contributed by atoms with Crippen molar-refractivity contribution in [2.45, 2.75) is 19.4 Å². The normalized spacial score (nSPS) is 23.3. The highest BCUT2D eigenvalue weighted by molar-refractivity contribution is 9.12. The van der Waals surface area contributed by atoms with Gasteiger partial charge in [0.1, 0.15) is 0 Å². The Labute approximate surface area is 134 Å². The third-order valence-electron chi connectivity index (χ3n) is 3.00. The first-order valence-electron chi connectivity index (χ1n) is 5.54. The van der Waals surface area contributed by atoms with E-state index < -0.39 is 0 Å². The highest BCUT2D eigenvalue weighted by Gasteiger charge is 2.24. The highest BCUT2D eigenvalue weighted by Crippen LogP contribution is 2.31. The van der Waals surface area contributed by atoms with Crippen LogP contribution in [0.25, 0.3) is 0 Å². The molecular formula is C11H15Br2ClN2OS. The van der Waals surface area contributed by atoms with Crippen LogP contribution in [0.4, 0.5) is 0 Å². The van der Waals surface area contributed by atoms with Crippen LogP contribution in [0.2, 0.25) is 0 Å². The molecule has 3 nitrogen and oxygen atoms in total. The number of piperidine rings is 1. The van der Waals surface area contributed by atoms with Crippen LogP contribution in [0.1, 0.15) is 23.7 Å². The Bertz CT molecular complexity index is 427. The van der Waals surface area contributed by atoms with Gasteiger partial charge >= 0.3 is 0 Å². The molecule has 0 bridgehead atoms. The molecule has 1 amide bonds. The Kier molecular flexibility index (Phi) is 6.61. The molecule has 1 aliphatic rings. The summed E-state index contributed by atoms with van der Waals surface area (Å²) in [6.45, 7) is 4.11. The first kappa shape index (κ1) is 16.4. The number of carbonyl (C=O) groups excluding carboxylic acids is 1. The molecule has 0 aromatic carbocycles. The fourth-order valence-corrected chi connectivity index (χ4v) is 4.76. The van der Waals surface area contributed by atoms with Gasteiger partial charge in [-0.15, -0.1) is 23.7 Å². The van der Waals surface area contributed by atoms with Crippen LogP contribution in [-0.2, 0) is 0 Å². The average molecular weight is 419 g/mol. The summed E-state index contributed by atoms with van der Waals surface area (Å²) in [6.07, 6.45) is 0.996. The van der Waals surface area contributed by atoms with Gasteiger partial charge in [-0.1, -0.05) is 6.92 Å². The van der Waals surface area contributed by atoms with Crippen molar-refractivity contribution in [2.24, 2.45) is 5.92 Å². The Morgan fingerprint density at radius 2 is 2.28 bits per heavy atom. The quantitative estimate of drug-likeness (QED) is 0.773. The van der Waals surface area contributed by atoms with E-state index in [9.17, 15) is 4.79 Å². The predicted octanol–water partition coefficient (Wildman–Crippen LogP) is 3.42. The largest absolute Gasteiger partial charge is 0.349 e. The number of hydrogen-bond donors (Lipinski definition) is 2. The van der Waals surface area contributed by atoms with Crippen LogP contribution in [-0.4, -0.2) is 25.0 Å². The van der Waals surface area contributed by atoms with E-state index in [1.54, 1.807) is 0 Å². The van der Waals surface area contributed by atoms with Gasteiger partial charge in [-0.2, -0.15) is 0 Å². The van der Waals surface area contributed by atoms with Crippen LogP contribution in [0.5, 0.6) is 0 Å². The lowest BCUT2D eigenvalue weighted by Crippen LogP contribution is -2.48. The van der Waals surface area contributed by atoms with E-state index in [4.69, 9.17) is 0 Å². The van der Waals surface area contributed by atoms with E-state index in [2.05, 4.69) is 49.4 Å². The number of hydrogen-bond acceptors (Lipinski definition) is 3. The third-order valence-corrected chi connectivity index (χ3v) is 5.34. The van der Waals surface area contributed by atoms with Crippen molar-refractivity contribution >= 4 is 61.5 Å². The molecule has 2 atom stereocenters. The van der Waals surface area contributed by atoms with E-state index in [0.29, 0.717) is 11.5 Å². The standard InChI is InChI=1S/C11H14Br2N2OS.ClH/c1-6-5-14-3-2-8(6)15-11(16)7-4-9(12)17-10(7)13;/h4,6,8,14H,2-3,5H2,1H3,(H,15,16);1H. The number of halogens is 3. The van der Waals surface area contributed by atoms with E-state index in [0.717, 1.165) is 27.1 Å². The van der Waals surface area contributed by atoms with Crippen LogP contribution in [0.15, 0.2) is 13.6 Å². The van der Waals surface area contributed by atoms with Gasteiger partial charge in [-0.25, -0.2) is 0 Å². The monoisotopic (exact) mass is 416 g/mol. The summed E-state index contributed by atoms with van der Waals surface area (Å²) < 4.78 is 1.84. The summed E-state index contributed by atoms with van der Waals surface area (Å²) in [6, 6.07) is 2.13. The Morgan fingerprint density at radius 1 is 1.56 bits per heavy atom. The molecule has 0 aliphatic carbocycles. The molecule has 102 valence electrons. The molecule has 2 rings (SSSR count). The van der Waals surface area contributed by atoms with Gasteiger partial charge in [-0.05, 0) is 63.4 Å². The van der Waals surface area contributed by atoms with E-state index >= 15 is 0 Å². The number of amides is 1. The van der Waals surface area contributed by atoms with Crippen molar-refractivity contribution in [1.29, 1.82) is 0 Å². The zero-order chi connectivity index (χ0) is 12.4. The summed E-state index contributed by atoms with van der Waals surface area (Å²) in [7, 11) is 0. The molecule has 1 aromatic heterocycles. The van der Waals surface area contributed by atoms with E-state index in [-0.39, 0.29) is 24.4 Å². The number of carbonyl (C=O) groups is 1. The molecule has 1 fully saturated rings. The maximum absolute atomic E-state index is 12.1. The zero-order valence-electron chi connectivity index (χ0n) is 9.83. The van der Waals surface area contributed by atoms with Gasteiger partial charge < -0.3 is 10.6 Å². The fraction of sp³-hybridized carbons (Fsp3) is 0.545. The molecule has 0 radical (unpaired) electrons. The number of nitrogens with one attached hydrogen (secondary N) is 2. The predicted molar refractivity (Wildman–Crippen MR) is 84.9 cm³/mol. The topological polar surface area (TPSA) is 41.1 Å². The van der Waals surface area contributed by atoms with Gasteiger partial charge in [0.25, 0.3) is 5.91 Å². The van der Waals surface area contributed by atoms with Crippen LogP contribution >= 0.6 is 55.6 Å². The molecule has 1 aromatic rings. The molecule has 1 saturated heterocycles. The van der Waals surface area contributed by atoms with Crippen molar-refractivity contribution in [1.82, 2.24) is 10.6 Å². The summed E-state index contributed by atoms with van der Waals surface area (Å²) in [5.41, 5.74) is 0.715. The van der Waals surface area contributed by atoms with Crippen LogP contribution in [0, 0.1) is 5.92 Å². The lowest BCUT2D eigenvalue weighted by atomic mass is 9.95. The maximum atomic E-state index is 12.1. The van der Waals surface area contributed by atoms with Crippen molar-refractivity contribution in [3.05, 3.63) is 19.2 Å². The van der Waals surface area contributed by atoms with Gasteiger partial charge in [0.2, 0.25) is 0 Å². The van der Waals surface area contributed by atoms with Crippen molar-refractivity contribution in [3.63, 3.8) is 0 Å². The highest BCUT2D eigenvalue weighted by atomic mass is 79.9. The third kappa shape index (κ3) is 3.93. The zero-order valence-corrected chi connectivity index (χ0v) is 14.6. The second-order valence-corrected chi connectivity index (χ2v) is 8.04. The molecule has 2 unspecified atom stereocenters. The molecular weight excluding hydrogens is 403 g/mol. The van der Waals surface area contributed by atoms with Gasteiger partial charge in [0, 0.05) is 6.04 Å². The second-order valence-electron chi connectivity index (χ2n) is 4.29.